The van der Waals surface area contributed by atoms with Crippen LogP contribution in [0.5, 0.6) is 0 Å². The number of nitrogens with zero attached hydrogens (tertiary/aromatic N) is 6. The molecule has 0 spiro atoms. The van der Waals surface area contributed by atoms with Crippen molar-refractivity contribution in [1.29, 1.82) is 0 Å². The summed E-state index contributed by atoms with van der Waals surface area (Å²) >= 11 is 0. The van der Waals surface area contributed by atoms with Gasteiger partial charge < -0.3 is 9.80 Å². The van der Waals surface area contributed by atoms with Crippen molar-refractivity contribution < 1.29 is 4.79 Å². The van der Waals surface area contributed by atoms with Crippen molar-refractivity contribution in [2.75, 3.05) is 31.1 Å². The molecule has 7 nitrogen and oxygen atoms in total. The van der Waals surface area contributed by atoms with Crippen LogP contribution >= 0.6 is 0 Å². The third kappa shape index (κ3) is 3.06. The Morgan fingerprint density at radius 1 is 1.08 bits per heavy atom. The highest BCUT2D eigenvalue weighted by Crippen LogP contribution is 2.34. The van der Waals surface area contributed by atoms with E-state index in [1.807, 2.05) is 11.9 Å². The number of likely N-dealkylation sites (tertiary alicyclic amines) is 1. The minimum atomic E-state index is 0.0141. The zero-order valence-corrected chi connectivity index (χ0v) is 15.9. The van der Waals surface area contributed by atoms with E-state index in [1.165, 1.54) is 0 Å². The Labute approximate surface area is 154 Å². The van der Waals surface area contributed by atoms with Crippen LogP contribution in [0.4, 0.5) is 5.82 Å². The number of carbonyl (C=O) groups excluding carboxylic acids is 1. The average molecular weight is 354 g/mol. The summed E-state index contributed by atoms with van der Waals surface area (Å²) in [5.74, 6) is 2.03. The molecule has 2 aliphatic rings. The topological polar surface area (TPSA) is 67.2 Å². The van der Waals surface area contributed by atoms with E-state index in [9.17, 15) is 4.79 Å². The highest BCUT2D eigenvalue weighted by Gasteiger charge is 2.42. The predicted molar refractivity (Wildman–Crippen MR) is 99.0 cm³/mol. The molecular formula is C19H26N6O. The fourth-order valence-electron chi connectivity index (χ4n) is 3.95. The van der Waals surface area contributed by atoms with Crippen LogP contribution in [0.3, 0.4) is 0 Å². The molecule has 138 valence electrons. The smallest absolute Gasteiger partial charge is 0.257 e. The van der Waals surface area contributed by atoms with E-state index in [4.69, 9.17) is 0 Å². The summed E-state index contributed by atoms with van der Waals surface area (Å²) in [4.78, 5) is 16.9. The lowest BCUT2D eigenvalue weighted by atomic mass is 9.92. The second kappa shape index (κ2) is 6.07. The van der Waals surface area contributed by atoms with Gasteiger partial charge in [-0.2, -0.15) is 10.2 Å². The van der Waals surface area contributed by atoms with Gasteiger partial charge >= 0.3 is 0 Å². The highest BCUT2D eigenvalue weighted by atomic mass is 16.2. The van der Waals surface area contributed by atoms with Gasteiger partial charge in [0.1, 0.15) is 0 Å². The molecule has 2 unspecified atom stereocenters. The Morgan fingerprint density at radius 3 is 2.27 bits per heavy atom. The zero-order valence-electron chi connectivity index (χ0n) is 15.9. The molecule has 2 aromatic rings. The van der Waals surface area contributed by atoms with Crippen molar-refractivity contribution in [2.24, 2.45) is 18.9 Å². The van der Waals surface area contributed by atoms with Crippen molar-refractivity contribution in [1.82, 2.24) is 24.9 Å². The number of hydrogen-bond acceptors (Lipinski definition) is 5. The average Bonchev–Trinajstić information content (AvgIpc) is 3.27. The highest BCUT2D eigenvalue weighted by molar-refractivity contribution is 5.94. The summed E-state index contributed by atoms with van der Waals surface area (Å²) < 4.78 is 1.67. The second-order valence-corrected chi connectivity index (χ2v) is 8.56. The Kier molecular flexibility index (Phi) is 3.97. The summed E-state index contributed by atoms with van der Waals surface area (Å²) in [6.07, 6.45) is 3.43. The van der Waals surface area contributed by atoms with Crippen molar-refractivity contribution in [3.63, 3.8) is 0 Å². The summed E-state index contributed by atoms with van der Waals surface area (Å²) in [6, 6.07) is 4.15. The fourth-order valence-corrected chi connectivity index (χ4v) is 3.95. The van der Waals surface area contributed by atoms with Gasteiger partial charge in [-0.15, -0.1) is 5.10 Å². The first-order valence-corrected chi connectivity index (χ1v) is 9.18. The standard InChI is InChI=1S/C19H26N6O/c1-19(2,3)16-5-6-17(22-21-16)24-9-14-11-25(12-15(14)10-24)18(26)13-7-20-23(4)8-13/h5-8,14-15H,9-12H2,1-4H3. The van der Waals surface area contributed by atoms with Gasteiger partial charge in [0.25, 0.3) is 5.91 Å². The maximum absolute atomic E-state index is 12.6. The van der Waals surface area contributed by atoms with Gasteiger partial charge in [0.15, 0.2) is 5.82 Å². The maximum Gasteiger partial charge on any atom is 0.257 e. The number of hydrogen-bond donors (Lipinski definition) is 0. The number of carbonyl (C=O) groups is 1. The Bertz CT molecular complexity index is 792. The number of anilines is 1. The molecule has 2 fully saturated rings. The monoisotopic (exact) mass is 354 g/mol. The van der Waals surface area contributed by atoms with E-state index in [-0.39, 0.29) is 11.3 Å². The second-order valence-electron chi connectivity index (χ2n) is 8.56. The molecule has 0 N–H and O–H groups in total. The molecule has 0 aliphatic carbocycles. The first kappa shape index (κ1) is 17.0. The van der Waals surface area contributed by atoms with Gasteiger partial charge in [-0.05, 0) is 12.1 Å². The molecule has 26 heavy (non-hydrogen) atoms. The van der Waals surface area contributed by atoms with Crippen LogP contribution in [0.2, 0.25) is 0 Å². The Hall–Kier alpha value is -2.44. The van der Waals surface area contributed by atoms with Gasteiger partial charge in [0.05, 0.1) is 17.5 Å². The van der Waals surface area contributed by atoms with E-state index in [0.29, 0.717) is 17.4 Å². The van der Waals surface area contributed by atoms with Crippen LogP contribution in [-0.2, 0) is 12.5 Å². The quantitative estimate of drug-likeness (QED) is 0.821. The van der Waals surface area contributed by atoms with E-state index in [0.717, 1.165) is 37.7 Å². The van der Waals surface area contributed by atoms with Crippen LogP contribution < -0.4 is 4.90 Å². The number of rotatable bonds is 2. The molecule has 2 atom stereocenters. The van der Waals surface area contributed by atoms with Crippen molar-refractivity contribution in [3.05, 3.63) is 35.8 Å². The van der Waals surface area contributed by atoms with E-state index in [1.54, 1.807) is 17.1 Å². The molecule has 2 aliphatic heterocycles. The van der Waals surface area contributed by atoms with Gasteiger partial charge in [0.2, 0.25) is 0 Å². The van der Waals surface area contributed by atoms with E-state index in [2.05, 4.69) is 53.1 Å². The number of fused-ring (bicyclic) bond motifs is 1. The molecule has 0 bridgehead atoms. The summed E-state index contributed by atoms with van der Waals surface area (Å²) in [6.45, 7) is 9.92. The fraction of sp³-hybridized carbons (Fsp3) is 0.579. The van der Waals surface area contributed by atoms with E-state index >= 15 is 0 Å². The lowest BCUT2D eigenvalue weighted by Gasteiger charge is -2.23. The van der Waals surface area contributed by atoms with Crippen molar-refractivity contribution >= 4 is 11.7 Å². The van der Waals surface area contributed by atoms with Crippen LogP contribution in [-0.4, -0.2) is 57.0 Å². The maximum atomic E-state index is 12.6. The van der Waals surface area contributed by atoms with Crippen molar-refractivity contribution in [3.8, 4) is 0 Å². The molecule has 1 amide bonds. The van der Waals surface area contributed by atoms with Gasteiger partial charge in [-0.3, -0.25) is 9.48 Å². The largest absolute Gasteiger partial charge is 0.354 e. The lowest BCUT2D eigenvalue weighted by molar-refractivity contribution is 0.0782. The first-order chi connectivity index (χ1) is 12.3. The third-order valence-corrected chi connectivity index (χ3v) is 5.47. The molecule has 0 radical (unpaired) electrons. The van der Waals surface area contributed by atoms with E-state index < -0.39 is 0 Å². The minimum absolute atomic E-state index is 0.0141. The normalized spacial score (nSPS) is 22.8. The zero-order chi connectivity index (χ0) is 18.5. The molecule has 0 saturated carbocycles. The third-order valence-electron chi connectivity index (χ3n) is 5.47. The molecular weight excluding hydrogens is 328 g/mol. The van der Waals surface area contributed by atoms with Gasteiger partial charge in [-0.25, -0.2) is 0 Å². The van der Waals surface area contributed by atoms with Gasteiger partial charge in [-0.1, -0.05) is 20.8 Å². The number of amides is 1. The summed E-state index contributed by atoms with van der Waals surface area (Å²) in [7, 11) is 1.83. The van der Waals surface area contributed by atoms with Crippen LogP contribution in [0, 0.1) is 11.8 Å². The number of aryl methyl sites for hydroxylation is 1. The first-order valence-electron chi connectivity index (χ1n) is 9.18. The van der Waals surface area contributed by atoms with Crippen LogP contribution in [0.15, 0.2) is 24.5 Å². The van der Waals surface area contributed by atoms with Crippen LogP contribution in [0.1, 0.15) is 36.8 Å². The molecule has 2 saturated heterocycles. The molecule has 4 heterocycles. The molecule has 0 aromatic carbocycles. The molecule has 4 rings (SSSR count). The summed E-state index contributed by atoms with van der Waals surface area (Å²) in [5, 5.41) is 13.0. The molecule has 7 heteroatoms. The minimum Gasteiger partial charge on any atom is -0.354 e. The lowest BCUT2D eigenvalue weighted by Crippen LogP contribution is -2.33. The SMILES string of the molecule is Cn1cc(C(=O)N2CC3CN(c4ccc(C(C)(C)C)nn4)CC3C2)cn1. The summed E-state index contributed by atoms with van der Waals surface area (Å²) in [5.41, 5.74) is 1.70. The number of aromatic nitrogens is 4. The Balaban J connectivity index is 1.40. The Morgan fingerprint density at radius 2 is 1.77 bits per heavy atom. The van der Waals surface area contributed by atoms with Gasteiger partial charge in [0, 0.05) is 56.7 Å². The predicted octanol–water partition coefficient (Wildman–Crippen LogP) is 1.72. The molecule has 2 aromatic heterocycles. The van der Waals surface area contributed by atoms with Crippen molar-refractivity contribution in [2.45, 2.75) is 26.2 Å². The van der Waals surface area contributed by atoms with Crippen LogP contribution in [0.25, 0.3) is 0 Å².